The van der Waals surface area contributed by atoms with Gasteiger partial charge in [0.2, 0.25) is 0 Å². The lowest BCUT2D eigenvalue weighted by atomic mass is 9.97. The van der Waals surface area contributed by atoms with Crippen molar-refractivity contribution in [3.63, 3.8) is 0 Å². The number of nitrogen functional groups attached to an aromatic ring is 1. The lowest BCUT2D eigenvalue weighted by molar-refractivity contribution is -0.149. The Morgan fingerprint density at radius 2 is 1.96 bits per heavy atom. The van der Waals surface area contributed by atoms with Gasteiger partial charge in [0, 0.05) is 23.8 Å². The molecule has 8 heteroatoms. The summed E-state index contributed by atoms with van der Waals surface area (Å²) >= 11 is 5.77. The lowest BCUT2D eigenvalue weighted by Crippen LogP contribution is -2.42. The number of hydrogen-bond acceptors (Lipinski definition) is 6. The first-order valence-corrected chi connectivity index (χ1v) is 7.88. The molecule has 1 fully saturated rings. The van der Waals surface area contributed by atoms with E-state index in [1.54, 1.807) is 4.90 Å². The van der Waals surface area contributed by atoms with Gasteiger partial charge in [0.25, 0.3) is 5.91 Å². The molecule has 1 aliphatic heterocycles. The molecule has 1 heterocycles. The molecule has 1 amide bonds. The maximum Gasteiger partial charge on any atom is 0.340 e. The molecule has 7 nitrogen and oxygen atoms in total. The van der Waals surface area contributed by atoms with Gasteiger partial charge >= 0.3 is 11.9 Å². The Hall–Kier alpha value is -2.28. The van der Waals surface area contributed by atoms with E-state index in [0.29, 0.717) is 31.0 Å². The summed E-state index contributed by atoms with van der Waals surface area (Å²) in [5.41, 5.74) is 6.06. The second-order valence-electron chi connectivity index (χ2n) is 5.49. The zero-order valence-corrected chi connectivity index (χ0v) is 14.0. The molecule has 130 valence electrons. The first kappa shape index (κ1) is 18.1. The molecule has 0 bridgehead atoms. The number of amides is 1. The predicted octanol–water partition coefficient (Wildman–Crippen LogP) is 1.49. The molecule has 1 aromatic rings. The van der Waals surface area contributed by atoms with Crippen molar-refractivity contribution >= 4 is 35.1 Å². The molecule has 0 atom stereocenters. The van der Waals surface area contributed by atoms with E-state index >= 15 is 0 Å². The molecule has 0 aliphatic carbocycles. The Morgan fingerprint density at radius 1 is 1.29 bits per heavy atom. The summed E-state index contributed by atoms with van der Waals surface area (Å²) in [4.78, 5) is 37.1. The van der Waals surface area contributed by atoms with Crippen LogP contribution in [0.5, 0.6) is 0 Å². The number of esters is 2. The molecule has 0 unspecified atom stereocenters. The first-order valence-electron chi connectivity index (χ1n) is 7.50. The minimum atomic E-state index is -0.679. The number of carbonyl (C=O) groups excluding carboxylic acids is 3. The molecule has 1 aromatic carbocycles. The minimum Gasteiger partial charge on any atom is -0.469 e. The number of nitrogens with two attached hydrogens (primary N) is 1. The number of piperidine rings is 1. The van der Waals surface area contributed by atoms with E-state index in [9.17, 15) is 14.4 Å². The van der Waals surface area contributed by atoms with Crippen LogP contribution in [0.2, 0.25) is 5.02 Å². The topological polar surface area (TPSA) is 98.9 Å². The number of hydrogen-bond donors (Lipinski definition) is 1. The summed E-state index contributed by atoms with van der Waals surface area (Å²) in [7, 11) is 1.35. The van der Waals surface area contributed by atoms with Crippen molar-refractivity contribution in [1.82, 2.24) is 4.90 Å². The zero-order chi connectivity index (χ0) is 17.7. The highest BCUT2D eigenvalue weighted by Gasteiger charge is 2.28. The van der Waals surface area contributed by atoms with Gasteiger partial charge in [0.05, 0.1) is 18.6 Å². The summed E-state index contributed by atoms with van der Waals surface area (Å²) in [6, 6.07) is 4.41. The van der Waals surface area contributed by atoms with Crippen LogP contribution in [-0.4, -0.2) is 49.6 Å². The zero-order valence-electron chi connectivity index (χ0n) is 13.3. The van der Waals surface area contributed by atoms with E-state index in [-0.39, 0.29) is 35.7 Å². The highest BCUT2D eigenvalue weighted by molar-refractivity contribution is 6.31. The van der Waals surface area contributed by atoms with Crippen molar-refractivity contribution < 1.29 is 23.9 Å². The van der Waals surface area contributed by atoms with Crippen LogP contribution in [-0.2, 0) is 19.1 Å². The van der Waals surface area contributed by atoms with Crippen LogP contribution >= 0.6 is 11.6 Å². The van der Waals surface area contributed by atoms with Crippen molar-refractivity contribution in [2.75, 3.05) is 32.5 Å². The van der Waals surface area contributed by atoms with Crippen molar-refractivity contribution in [1.29, 1.82) is 0 Å². The van der Waals surface area contributed by atoms with Crippen molar-refractivity contribution in [2.45, 2.75) is 12.8 Å². The number of benzene rings is 1. The summed E-state index contributed by atoms with van der Waals surface area (Å²) < 4.78 is 9.71. The van der Waals surface area contributed by atoms with Crippen LogP contribution < -0.4 is 5.73 Å². The Bertz CT molecular complexity index is 641. The fourth-order valence-corrected chi connectivity index (χ4v) is 2.73. The van der Waals surface area contributed by atoms with Gasteiger partial charge in [-0.3, -0.25) is 9.59 Å². The average Bonchev–Trinajstić information content (AvgIpc) is 2.58. The Labute approximate surface area is 144 Å². The maximum absolute atomic E-state index is 12.1. The van der Waals surface area contributed by atoms with Crippen LogP contribution in [0.25, 0.3) is 0 Å². The molecule has 2 rings (SSSR count). The number of carbonyl (C=O) groups is 3. The van der Waals surface area contributed by atoms with E-state index < -0.39 is 5.97 Å². The van der Waals surface area contributed by atoms with Crippen molar-refractivity contribution in [3.8, 4) is 0 Å². The van der Waals surface area contributed by atoms with Gasteiger partial charge in [-0.15, -0.1) is 0 Å². The standard InChI is InChI=1S/C16H19ClN2O5/c1-23-15(21)10-4-6-19(7-5-10)14(20)9-24-16(22)12-3-2-11(17)8-13(12)18/h2-3,8,10H,4-7,9,18H2,1H3. The SMILES string of the molecule is COC(=O)C1CCN(C(=O)COC(=O)c2ccc(Cl)cc2N)CC1. The van der Waals surface area contributed by atoms with Gasteiger partial charge < -0.3 is 20.1 Å². The minimum absolute atomic E-state index is 0.164. The highest BCUT2D eigenvalue weighted by atomic mass is 35.5. The van der Waals surface area contributed by atoms with Crippen molar-refractivity contribution in [3.05, 3.63) is 28.8 Å². The molecule has 24 heavy (non-hydrogen) atoms. The summed E-state index contributed by atoms with van der Waals surface area (Å²) in [5.74, 6) is -1.43. The fraction of sp³-hybridized carbons (Fsp3) is 0.438. The van der Waals surface area contributed by atoms with E-state index in [0.717, 1.165) is 0 Å². The van der Waals surface area contributed by atoms with Gasteiger partial charge in [0.15, 0.2) is 6.61 Å². The van der Waals surface area contributed by atoms with Crippen LogP contribution in [0.3, 0.4) is 0 Å². The molecule has 0 spiro atoms. The Kier molecular flexibility index (Phi) is 6.03. The molecule has 0 saturated carbocycles. The molecule has 2 N–H and O–H groups in total. The molecule has 1 saturated heterocycles. The van der Waals surface area contributed by atoms with Gasteiger partial charge in [-0.05, 0) is 31.0 Å². The number of anilines is 1. The normalized spacial score (nSPS) is 15.0. The van der Waals surface area contributed by atoms with E-state index in [4.69, 9.17) is 26.8 Å². The second kappa shape index (κ2) is 8.01. The smallest absolute Gasteiger partial charge is 0.340 e. The number of methoxy groups -OCH3 is 1. The van der Waals surface area contributed by atoms with Crippen LogP contribution in [0.15, 0.2) is 18.2 Å². The molecule has 0 aromatic heterocycles. The Morgan fingerprint density at radius 3 is 2.54 bits per heavy atom. The monoisotopic (exact) mass is 354 g/mol. The molecular weight excluding hydrogens is 336 g/mol. The predicted molar refractivity (Wildman–Crippen MR) is 87.5 cm³/mol. The number of likely N-dealkylation sites (tertiary alicyclic amines) is 1. The number of nitrogens with zero attached hydrogens (tertiary/aromatic N) is 1. The van der Waals surface area contributed by atoms with Gasteiger partial charge in [0.1, 0.15) is 0 Å². The third kappa shape index (κ3) is 4.38. The summed E-state index contributed by atoms with van der Waals surface area (Å²) in [6.45, 7) is 0.488. The van der Waals surface area contributed by atoms with Gasteiger partial charge in [-0.25, -0.2) is 4.79 Å². The molecule has 1 aliphatic rings. The largest absolute Gasteiger partial charge is 0.469 e. The maximum atomic E-state index is 12.1. The Balaban J connectivity index is 1.83. The van der Waals surface area contributed by atoms with Crippen LogP contribution in [0, 0.1) is 5.92 Å². The number of ether oxygens (including phenoxy) is 2. The fourth-order valence-electron chi connectivity index (χ4n) is 2.55. The average molecular weight is 355 g/mol. The molecule has 0 radical (unpaired) electrons. The first-order chi connectivity index (χ1) is 11.4. The third-order valence-electron chi connectivity index (χ3n) is 3.94. The second-order valence-corrected chi connectivity index (χ2v) is 5.92. The highest BCUT2D eigenvalue weighted by Crippen LogP contribution is 2.20. The van der Waals surface area contributed by atoms with E-state index in [1.165, 1.54) is 25.3 Å². The van der Waals surface area contributed by atoms with Gasteiger partial charge in [-0.2, -0.15) is 0 Å². The quantitative estimate of drug-likeness (QED) is 0.649. The van der Waals surface area contributed by atoms with Crippen LogP contribution in [0.4, 0.5) is 5.69 Å². The third-order valence-corrected chi connectivity index (χ3v) is 4.18. The van der Waals surface area contributed by atoms with Gasteiger partial charge in [-0.1, -0.05) is 11.6 Å². The van der Waals surface area contributed by atoms with E-state index in [1.807, 2.05) is 0 Å². The van der Waals surface area contributed by atoms with Crippen molar-refractivity contribution in [2.24, 2.45) is 5.92 Å². The number of halogens is 1. The summed E-state index contributed by atoms with van der Waals surface area (Å²) in [5, 5.41) is 0.411. The summed E-state index contributed by atoms with van der Waals surface area (Å²) in [6.07, 6.45) is 1.08. The lowest BCUT2D eigenvalue weighted by Gasteiger charge is -2.30. The van der Waals surface area contributed by atoms with Crippen LogP contribution in [0.1, 0.15) is 23.2 Å². The molecular formula is C16H19ClN2O5. The van der Waals surface area contributed by atoms with E-state index in [2.05, 4.69) is 0 Å². The number of rotatable bonds is 4.